The molecule has 0 heterocycles. The minimum absolute atomic E-state index is 0. The molecule has 3 N–H and O–H groups in total. The van der Waals surface area contributed by atoms with E-state index in [1.165, 1.54) is 0 Å². The summed E-state index contributed by atoms with van der Waals surface area (Å²) in [5.74, 6) is 0.990. The first kappa shape index (κ1) is 18.5. The van der Waals surface area contributed by atoms with Gasteiger partial charge in [-0.3, -0.25) is 9.79 Å². The Bertz CT molecular complexity index is 290. The van der Waals surface area contributed by atoms with Crippen LogP contribution in [0.5, 0.6) is 0 Å². The van der Waals surface area contributed by atoms with Crippen molar-refractivity contribution in [3.05, 3.63) is 0 Å². The van der Waals surface area contributed by atoms with Gasteiger partial charge in [-0.15, -0.1) is 24.0 Å². The van der Waals surface area contributed by atoms with Crippen molar-refractivity contribution in [2.45, 2.75) is 58.5 Å². The summed E-state index contributed by atoms with van der Waals surface area (Å²) in [5, 5.41) is 9.41. The summed E-state index contributed by atoms with van der Waals surface area (Å²) in [6, 6.07) is 0.821. The van der Waals surface area contributed by atoms with E-state index in [4.69, 9.17) is 0 Å². The molecular weight excluding hydrogens is 355 g/mol. The zero-order chi connectivity index (χ0) is 13.4. The third-order valence-corrected chi connectivity index (χ3v) is 2.54. The van der Waals surface area contributed by atoms with Crippen molar-refractivity contribution in [2.75, 3.05) is 13.1 Å². The lowest BCUT2D eigenvalue weighted by atomic mass is 10.3. The van der Waals surface area contributed by atoms with Crippen LogP contribution in [-0.4, -0.2) is 37.0 Å². The van der Waals surface area contributed by atoms with Crippen LogP contribution in [-0.2, 0) is 4.79 Å². The molecule has 0 atom stereocenters. The number of guanidine groups is 1. The van der Waals surface area contributed by atoms with Crippen LogP contribution in [0, 0.1) is 0 Å². The third kappa shape index (κ3) is 9.98. The third-order valence-electron chi connectivity index (χ3n) is 2.54. The highest BCUT2D eigenvalue weighted by atomic mass is 127. The minimum atomic E-state index is 0. The van der Waals surface area contributed by atoms with E-state index in [1.807, 2.05) is 6.92 Å². The second-order valence-electron chi connectivity index (χ2n) is 5.01. The molecule has 0 aromatic rings. The Morgan fingerprint density at radius 2 is 2.05 bits per heavy atom. The lowest BCUT2D eigenvalue weighted by Gasteiger charge is -2.13. The Hall–Kier alpha value is -0.530. The van der Waals surface area contributed by atoms with Crippen LogP contribution < -0.4 is 16.0 Å². The molecule has 0 saturated heterocycles. The Labute approximate surface area is 133 Å². The number of aliphatic imine (C=N–C) groups is 1. The number of nitrogens with one attached hydrogen (secondary N) is 3. The average Bonchev–Trinajstić information content (AvgIpc) is 3.07. The maximum Gasteiger partial charge on any atom is 0.220 e. The number of hydrogen-bond acceptors (Lipinski definition) is 2. The highest BCUT2D eigenvalue weighted by molar-refractivity contribution is 14.0. The quantitative estimate of drug-likeness (QED) is 0.271. The largest absolute Gasteiger partial charge is 0.357 e. The Balaban J connectivity index is 0.00000324. The standard InChI is InChI=1S/C13H26N4O.HI/c1-4-14-13(16-10(2)3)15-9-5-6-12(18)17-11-7-8-11;/h10-11H,4-9H2,1-3H3,(H,17,18)(H2,14,15,16);1H. The minimum Gasteiger partial charge on any atom is -0.357 e. The fourth-order valence-electron chi connectivity index (χ4n) is 1.55. The first-order valence-corrected chi connectivity index (χ1v) is 6.96. The van der Waals surface area contributed by atoms with Gasteiger partial charge in [0.2, 0.25) is 5.91 Å². The van der Waals surface area contributed by atoms with Gasteiger partial charge in [0.1, 0.15) is 0 Å². The fraction of sp³-hybridized carbons (Fsp3) is 0.846. The Morgan fingerprint density at radius 1 is 1.37 bits per heavy atom. The van der Waals surface area contributed by atoms with Gasteiger partial charge in [0.15, 0.2) is 5.96 Å². The molecule has 0 aliphatic heterocycles. The maximum absolute atomic E-state index is 11.5. The maximum atomic E-state index is 11.5. The van der Waals surface area contributed by atoms with Gasteiger partial charge in [-0.2, -0.15) is 0 Å². The lowest BCUT2D eigenvalue weighted by Crippen LogP contribution is -2.41. The molecule has 19 heavy (non-hydrogen) atoms. The summed E-state index contributed by atoms with van der Waals surface area (Å²) in [6.45, 7) is 7.73. The van der Waals surface area contributed by atoms with Crippen LogP contribution in [0.15, 0.2) is 4.99 Å². The van der Waals surface area contributed by atoms with Gasteiger partial charge in [-0.1, -0.05) is 0 Å². The second-order valence-corrected chi connectivity index (χ2v) is 5.01. The van der Waals surface area contributed by atoms with Gasteiger partial charge in [0, 0.05) is 31.6 Å². The lowest BCUT2D eigenvalue weighted by molar-refractivity contribution is -0.121. The number of carbonyl (C=O) groups is 1. The van der Waals surface area contributed by atoms with Crippen molar-refractivity contribution in [2.24, 2.45) is 4.99 Å². The van der Waals surface area contributed by atoms with E-state index in [0.717, 1.165) is 31.8 Å². The highest BCUT2D eigenvalue weighted by Crippen LogP contribution is 2.18. The zero-order valence-electron chi connectivity index (χ0n) is 12.2. The zero-order valence-corrected chi connectivity index (χ0v) is 14.5. The van der Waals surface area contributed by atoms with Gasteiger partial charge in [0.05, 0.1) is 0 Å². The smallest absolute Gasteiger partial charge is 0.220 e. The molecule has 0 spiro atoms. The number of rotatable bonds is 7. The van der Waals surface area contributed by atoms with Crippen LogP contribution in [0.25, 0.3) is 0 Å². The SMILES string of the molecule is CCNC(=NCCCC(=O)NC1CC1)NC(C)C.I. The molecule has 0 aromatic carbocycles. The second kappa shape index (κ2) is 10.3. The molecule has 0 radical (unpaired) electrons. The number of amides is 1. The van der Waals surface area contributed by atoms with Crippen molar-refractivity contribution in [3.8, 4) is 0 Å². The molecule has 1 fully saturated rings. The summed E-state index contributed by atoms with van der Waals surface area (Å²) in [4.78, 5) is 15.9. The van der Waals surface area contributed by atoms with E-state index >= 15 is 0 Å². The normalized spacial score (nSPS) is 14.8. The molecule has 6 heteroatoms. The predicted octanol–water partition coefficient (Wildman–Crippen LogP) is 1.63. The van der Waals surface area contributed by atoms with Crippen LogP contribution in [0.2, 0.25) is 0 Å². The van der Waals surface area contributed by atoms with E-state index in [0.29, 0.717) is 25.0 Å². The van der Waals surface area contributed by atoms with E-state index in [-0.39, 0.29) is 29.9 Å². The molecule has 1 aliphatic rings. The van der Waals surface area contributed by atoms with Gasteiger partial charge in [-0.05, 0) is 40.0 Å². The van der Waals surface area contributed by atoms with Crippen molar-refractivity contribution in [1.82, 2.24) is 16.0 Å². The number of carbonyl (C=O) groups excluding carboxylic acids is 1. The molecule has 0 unspecified atom stereocenters. The van der Waals surface area contributed by atoms with Crippen molar-refractivity contribution >= 4 is 35.8 Å². The van der Waals surface area contributed by atoms with E-state index < -0.39 is 0 Å². The summed E-state index contributed by atoms with van der Waals surface area (Å²) in [5.41, 5.74) is 0. The molecule has 1 saturated carbocycles. The number of halogens is 1. The summed E-state index contributed by atoms with van der Waals surface area (Å²) >= 11 is 0. The monoisotopic (exact) mass is 382 g/mol. The van der Waals surface area contributed by atoms with Crippen LogP contribution in [0.4, 0.5) is 0 Å². The van der Waals surface area contributed by atoms with E-state index in [2.05, 4.69) is 34.8 Å². The molecular formula is C13H27IN4O. The first-order valence-electron chi connectivity index (χ1n) is 6.96. The first-order chi connectivity index (χ1) is 8.61. The van der Waals surface area contributed by atoms with Gasteiger partial charge < -0.3 is 16.0 Å². The van der Waals surface area contributed by atoms with Gasteiger partial charge >= 0.3 is 0 Å². The number of hydrogen-bond donors (Lipinski definition) is 3. The van der Waals surface area contributed by atoms with Gasteiger partial charge in [-0.25, -0.2) is 0 Å². The molecule has 0 aromatic heterocycles. The highest BCUT2D eigenvalue weighted by Gasteiger charge is 2.22. The molecule has 0 bridgehead atoms. The summed E-state index contributed by atoms with van der Waals surface area (Å²) in [7, 11) is 0. The van der Waals surface area contributed by atoms with Crippen molar-refractivity contribution < 1.29 is 4.79 Å². The number of nitrogens with zero attached hydrogens (tertiary/aromatic N) is 1. The fourth-order valence-corrected chi connectivity index (χ4v) is 1.55. The Morgan fingerprint density at radius 3 is 2.58 bits per heavy atom. The molecule has 5 nitrogen and oxygen atoms in total. The van der Waals surface area contributed by atoms with E-state index in [9.17, 15) is 4.79 Å². The molecule has 1 amide bonds. The summed E-state index contributed by atoms with van der Waals surface area (Å²) in [6.07, 6.45) is 3.66. The van der Waals surface area contributed by atoms with Crippen molar-refractivity contribution in [3.63, 3.8) is 0 Å². The summed E-state index contributed by atoms with van der Waals surface area (Å²) < 4.78 is 0. The topological polar surface area (TPSA) is 65.5 Å². The van der Waals surface area contributed by atoms with Gasteiger partial charge in [0.25, 0.3) is 0 Å². The van der Waals surface area contributed by atoms with Crippen LogP contribution >= 0.6 is 24.0 Å². The molecule has 112 valence electrons. The molecule has 1 rings (SSSR count). The van der Waals surface area contributed by atoms with Crippen molar-refractivity contribution in [1.29, 1.82) is 0 Å². The van der Waals surface area contributed by atoms with Crippen LogP contribution in [0.3, 0.4) is 0 Å². The van der Waals surface area contributed by atoms with Crippen LogP contribution in [0.1, 0.15) is 46.5 Å². The van der Waals surface area contributed by atoms with E-state index in [1.54, 1.807) is 0 Å². The molecule has 1 aliphatic carbocycles. The predicted molar refractivity (Wildman–Crippen MR) is 90.1 cm³/mol. The Kier molecular flexibility index (Phi) is 9.99. The average molecular weight is 382 g/mol.